The van der Waals surface area contributed by atoms with Gasteiger partial charge in [-0.2, -0.15) is 21.6 Å². The van der Waals surface area contributed by atoms with Crippen LogP contribution in [0.25, 0.3) is 11.1 Å². The third-order valence-corrected chi connectivity index (χ3v) is 3.27. The van der Waals surface area contributed by atoms with Crippen LogP contribution in [0, 0.1) is 0 Å². The summed E-state index contributed by atoms with van der Waals surface area (Å²) >= 11 is 0. The standard InChI is InChI=1S/C12H8F3NO3S/c13-12(14,15)20(17,18)19-11-10(7-4-8-16-11)9-5-2-1-3-6-9/h1-8H. The summed E-state index contributed by atoms with van der Waals surface area (Å²) in [6, 6.07) is 11.1. The molecule has 2 rings (SSSR count). The van der Waals surface area contributed by atoms with Crippen molar-refractivity contribution < 1.29 is 25.8 Å². The van der Waals surface area contributed by atoms with Gasteiger partial charge >= 0.3 is 15.6 Å². The fraction of sp³-hybridized carbons (Fsp3) is 0.0833. The molecule has 2 aromatic rings. The molecule has 0 atom stereocenters. The maximum absolute atomic E-state index is 12.3. The van der Waals surface area contributed by atoms with Gasteiger partial charge in [0, 0.05) is 11.8 Å². The summed E-state index contributed by atoms with van der Waals surface area (Å²) in [5, 5.41) is 0. The summed E-state index contributed by atoms with van der Waals surface area (Å²) in [5.74, 6) is -0.615. The van der Waals surface area contributed by atoms with E-state index in [0.717, 1.165) is 6.20 Å². The molecule has 0 saturated carbocycles. The molecule has 0 saturated heterocycles. The van der Waals surface area contributed by atoms with Gasteiger partial charge in [-0.25, -0.2) is 4.98 Å². The molecule has 1 aromatic heterocycles. The Morgan fingerprint density at radius 3 is 2.25 bits per heavy atom. The lowest BCUT2D eigenvalue weighted by Gasteiger charge is -2.11. The first-order valence-corrected chi connectivity index (χ1v) is 6.73. The maximum Gasteiger partial charge on any atom is 0.534 e. The van der Waals surface area contributed by atoms with Gasteiger partial charge in [-0.1, -0.05) is 30.3 Å². The van der Waals surface area contributed by atoms with Crippen LogP contribution in [0.15, 0.2) is 48.7 Å². The highest BCUT2D eigenvalue weighted by Gasteiger charge is 2.49. The Kier molecular flexibility index (Phi) is 3.67. The van der Waals surface area contributed by atoms with Crippen molar-refractivity contribution >= 4 is 10.1 Å². The maximum atomic E-state index is 12.3. The quantitative estimate of drug-likeness (QED) is 0.646. The molecule has 0 fully saturated rings. The molecule has 0 aliphatic heterocycles. The molecule has 0 unspecified atom stereocenters. The number of hydrogen-bond donors (Lipinski definition) is 0. The van der Waals surface area contributed by atoms with Crippen molar-refractivity contribution in [2.45, 2.75) is 5.51 Å². The molecule has 0 aliphatic rings. The minimum atomic E-state index is -5.74. The van der Waals surface area contributed by atoms with E-state index in [4.69, 9.17) is 0 Å². The van der Waals surface area contributed by atoms with Crippen molar-refractivity contribution in [2.75, 3.05) is 0 Å². The molecule has 0 radical (unpaired) electrons. The summed E-state index contributed by atoms with van der Waals surface area (Å²) in [7, 11) is -5.74. The molecule has 0 N–H and O–H groups in total. The lowest BCUT2D eigenvalue weighted by molar-refractivity contribution is -0.0501. The van der Waals surface area contributed by atoms with Crippen molar-refractivity contribution in [3.8, 4) is 17.0 Å². The van der Waals surface area contributed by atoms with E-state index in [0.29, 0.717) is 5.56 Å². The Hall–Kier alpha value is -2.09. The molecule has 106 valence electrons. The minimum Gasteiger partial charge on any atom is -0.355 e. The van der Waals surface area contributed by atoms with Crippen LogP contribution in [0.5, 0.6) is 5.88 Å². The zero-order valence-electron chi connectivity index (χ0n) is 9.83. The number of alkyl halides is 3. The highest BCUT2D eigenvalue weighted by atomic mass is 32.2. The molecule has 1 heterocycles. The first-order chi connectivity index (χ1) is 9.31. The number of rotatable bonds is 3. The molecule has 0 spiro atoms. The van der Waals surface area contributed by atoms with Gasteiger partial charge in [-0.05, 0) is 17.7 Å². The van der Waals surface area contributed by atoms with E-state index in [-0.39, 0.29) is 5.56 Å². The Labute approximate surface area is 113 Å². The van der Waals surface area contributed by atoms with E-state index in [1.54, 1.807) is 30.3 Å². The fourth-order valence-corrected chi connectivity index (χ4v) is 1.88. The molecular weight excluding hydrogens is 295 g/mol. The van der Waals surface area contributed by atoms with Gasteiger partial charge in [-0.15, -0.1) is 0 Å². The van der Waals surface area contributed by atoms with Gasteiger partial charge < -0.3 is 4.18 Å². The monoisotopic (exact) mass is 303 g/mol. The van der Waals surface area contributed by atoms with Crippen LogP contribution in [0.3, 0.4) is 0 Å². The first-order valence-electron chi connectivity index (χ1n) is 5.32. The number of pyridine rings is 1. The highest BCUT2D eigenvalue weighted by molar-refractivity contribution is 7.88. The average molecular weight is 303 g/mol. The van der Waals surface area contributed by atoms with E-state index in [2.05, 4.69) is 9.17 Å². The molecular formula is C12H8F3NO3S. The third-order valence-electron chi connectivity index (χ3n) is 2.33. The number of aromatic nitrogens is 1. The Morgan fingerprint density at radius 1 is 1.00 bits per heavy atom. The van der Waals surface area contributed by atoms with Crippen molar-refractivity contribution in [3.63, 3.8) is 0 Å². The van der Waals surface area contributed by atoms with Crippen molar-refractivity contribution in [3.05, 3.63) is 48.7 Å². The van der Waals surface area contributed by atoms with Crippen LogP contribution in [0.4, 0.5) is 13.2 Å². The first kappa shape index (κ1) is 14.3. The number of nitrogens with zero attached hydrogens (tertiary/aromatic N) is 1. The van der Waals surface area contributed by atoms with Gasteiger partial charge in [0.1, 0.15) is 0 Å². The molecule has 0 bridgehead atoms. The third kappa shape index (κ3) is 2.90. The van der Waals surface area contributed by atoms with Crippen molar-refractivity contribution in [1.29, 1.82) is 0 Å². The van der Waals surface area contributed by atoms with Crippen molar-refractivity contribution in [2.24, 2.45) is 0 Å². The van der Waals surface area contributed by atoms with Gasteiger partial charge in [0.05, 0.1) is 0 Å². The Bertz CT molecular complexity index is 699. The second-order valence-electron chi connectivity index (χ2n) is 3.71. The van der Waals surface area contributed by atoms with E-state index >= 15 is 0 Å². The zero-order valence-corrected chi connectivity index (χ0v) is 10.6. The molecule has 4 nitrogen and oxygen atoms in total. The number of halogens is 3. The zero-order chi connectivity index (χ0) is 14.8. The summed E-state index contributed by atoms with van der Waals surface area (Å²) in [5.41, 5.74) is -4.85. The van der Waals surface area contributed by atoms with Crippen LogP contribution in [0.2, 0.25) is 0 Å². The van der Waals surface area contributed by atoms with Gasteiger partial charge in [0.15, 0.2) is 0 Å². The molecule has 20 heavy (non-hydrogen) atoms. The van der Waals surface area contributed by atoms with E-state index in [9.17, 15) is 21.6 Å². The Balaban J connectivity index is 2.45. The SMILES string of the molecule is O=S(=O)(Oc1ncccc1-c1ccccc1)C(F)(F)F. The normalized spacial score (nSPS) is 12.2. The topological polar surface area (TPSA) is 56.3 Å². The van der Waals surface area contributed by atoms with Crippen LogP contribution in [-0.4, -0.2) is 18.9 Å². The summed E-state index contributed by atoms with van der Waals surface area (Å²) < 4.78 is 63.1. The summed E-state index contributed by atoms with van der Waals surface area (Å²) in [4.78, 5) is 3.55. The van der Waals surface area contributed by atoms with Crippen LogP contribution in [-0.2, 0) is 10.1 Å². The molecule has 0 amide bonds. The second-order valence-corrected chi connectivity index (χ2v) is 5.24. The van der Waals surface area contributed by atoms with Gasteiger partial charge in [-0.3, -0.25) is 0 Å². The van der Waals surface area contributed by atoms with E-state index in [1.807, 2.05) is 0 Å². The van der Waals surface area contributed by atoms with Crippen LogP contribution in [0.1, 0.15) is 0 Å². The highest BCUT2D eigenvalue weighted by Crippen LogP contribution is 2.32. The van der Waals surface area contributed by atoms with E-state index < -0.39 is 21.5 Å². The Morgan fingerprint density at radius 2 is 1.65 bits per heavy atom. The lowest BCUT2D eigenvalue weighted by Crippen LogP contribution is -2.28. The number of benzene rings is 1. The van der Waals surface area contributed by atoms with Gasteiger partial charge in [0.25, 0.3) is 0 Å². The van der Waals surface area contributed by atoms with E-state index in [1.165, 1.54) is 12.1 Å². The number of hydrogen-bond acceptors (Lipinski definition) is 4. The summed E-state index contributed by atoms with van der Waals surface area (Å²) in [6.45, 7) is 0. The second kappa shape index (κ2) is 5.12. The van der Waals surface area contributed by atoms with Crippen LogP contribution >= 0.6 is 0 Å². The lowest BCUT2D eigenvalue weighted by atomic mass is 10.1. The average Bonchev–Trinajstić information content (AvgIpc) is 2.38. The predicted octanol–water partition coefficient (Wildman–Crippen LogP) is 2.98. The molecule has 0 aliphatic carbocycles. The largest absolute Gasteiger partial charge is 0.534 e. The predicted molar refractivity (Wildman–Crippen MR) is 65.3 cm³/mol. The van der Waals surface area contributed by atoms with Crippen LogP contribution < -0.4 is 4.18 Å². The smallest absolute Gasteiger partial charge is 0.355 e. The van der Waals surface area contributed by atoms with Crippen molar-refractivity contribution in [1.82, 2.24) is 4.98 Å². The molecule has 8 heteroatoms. The minimum absolute atomic E-state index is 0.154. The fourth-order valence-electron chi connectivity index (χ4n) is 1.45. The van der Waals surface area contributed by atoms with Gasteiger partial charge in [0.2, 0.25) is 5.88 Å². The summed E-state index contributed by atoms with van der Waals surface area (Å²) in [6.07, 6.45) is 1.15. The molecule has 1 aromatic carbocycles.